The number of nitrogens with zero attached hydrogens (tertiary/aromatic N) is 1. The van der Waals surface area contributed by atoms with Crippen molar-refractivity contribution in [3.05, 3.63) is 15.6 Å². The van der Waals surface area contributed by atoms with Gasteiger partial charge in [0, 0.05) is 5.92 Å². The van der Waals surface area contributed by atoms with E-state index in [1.54, 1.807) is 11.3 Å². The monoisotopic (exact) mass is 212 g/mol. The van der Waals surface area contributed by atoms with Gasteiger partial charge in [0.15, 0.2) is 0 Å². The first kappa shape index (κ1) is 9.09. The van der Waals surface area contributed by atoms with Crippen molar-refractivity contribution in [2.75, 3.05) is 0 Å². The highest BCUT2D eigenvalue weighted by Gasteiger charge is 2.28. The molecule has 13 heavy (non-hydrogen) atoms. The van der Waals surface area contributed by atoms with Gasteiger partial charge >= 0.3 is 0 Å². The van der Waals surface area contributed by atoms with Gasteiger partial charge in [-0.05, 0) is 19.3 Å². The van der Waals surface area contributed by atoms with Gasteiger partial charge in [-0.15, -0.1) is 11.3 Å². The Morgan fingerprint density at radius 1 is 1.69 bits per heavy atom. The van der Waals surface area contributed by atoms with Crippen LogP contribution in [-0.2, 0) is 6.42 Å². The fourth-order valence-electron chi connectivity index (χ4n) is 1.31. The summed E-state index contributed by atoms with van der Waals surface area (Å²) < 4.78 is 0. The summed E-state index contributed by atoms with van der Waals surface area (Å²) in [5, 5.41) is 1.24. The lowest BCUT2D eigenvalue weighted by molar-refractivity contribution is 0.994. The molecule has 70 valence electrons. The SMILES string of the molecule is CCc1nc(C2CC2)sc1C(N)=S. The van der Waals surface area contributed by atoms with Crippen molar-refractivity contribution in [3.63, 3.8) is 0 Å². The van der Waals surface area contributed by atoms with Gasteiger partial charge in [-0.3, -0.25) is 0 Å². The standard InChI is InChI=1S/C9H12N2S2/c1-2-6-7(8(10)12)13-9(11-6)5-3-4-5/h5H,2-4H2,1H3,(H2,10,12). The van der Waals surface area contributed by atoms with Crippen LogP contribution >= 0.6 is 23.6 Å². The molecule has 2 rings (SSSR count). The second-order valence-electron chi connectivity index (χ2n) is 3.32. The average molecular weight is 212 g/mol. The topological polar surface area (TPSA) is 38.9 Å². The van der Waals surface area contributed by atoms with Crippen molar-refractivity contribution in [1.29, 1.82) is 0 Å². The minimum absolute atomic E-state index is 0.501. The summed E-state index contributed by atoms with van der Waals surface area (Å²) in [7, 11) is 0. The van der Waals surface area contributed by atoms with Gasteiger partial charge in [0.2, 0.25) is 0 Å². The minimum Gasteiger partial charge on any atom is -0.389 e. The van der Waals surface area contributed by atoms with Crippen LogP contribution in [0.25, 0.3) is 0 Å². The Morgan fingerprint density at radius 2 is 2.38 bits per heavy atom. The van der Waals surface area contributed by atoms with Gasteiger partial charge in [0.25, 0.3) is 0 Å². The van der Waals surface area contributed by atoms with Crippen LogP contribution in [0.2, 0.25) is 0 Å². The van der Waals surface area contributed by atoms with Crippen LogP contribution in [0.1, 0.15) is 41.3 Å². The van der Waals surface area contributed by atoms with Gasteiger partial charge in [-0.25, -0.2) is 4.98 Å². The van der Waals surface area contributed by atoms with Crippen LogP contribution in [0.4, 0.5) is 0 Å². The van der Waals surface area contributed by atoms with E-state index in [1.165, 1.54) is 17.8 Å². The van der Waals surface area contributed by atoms with E-state index in [0.717, 1.165) is 17.0 Å². The van der Waals surface area contributed by atoms with Crippen molar-refractivity contribution in [2.24, 2.45) is 5.73 Å². The molecule has 0 amide bonds. The largest absolute Gasteiger partial charge is 0.389 e. The Bertz CT molecular complexity index is 339. The lowest BCUT2D eigenvalue weighted by Gasteiger charge is -1.93. The molecule has 1 saturated carbocycles. The maximum Gasteiger partial charge on any atom is 0.116 e. The first-order valence-corrected chi connectivity index (χ1v) is 5.74. The summed E-state index contributed by atoms with van der Waals surface area (Å²) in [6.45, 7) is 2.09. The molecule has 0 unspecified atom stereocenters. The van der Waals surface area contributed by atoms with Crippen LogP contribution in [-0.4, -0.2) is 9.97 Å². The normalized spacial score (nSPS) is 16.1. The minimum atomic E-state index is 0.501. The number of aryl methyl sites for hydroxylation is 1. The molecule has 2 N–H and O–H groups in total. The van der Waals surface area contributed by atoms with E-state index in [1.807, 2.05) is 0 Å². The quantitative estimate of drug-likeness (QED) is 0.781. The van der Waals surface area contributed by atoms with Crippen molar-refractivity contribution in [2.45, 2.75) is 32.1 Å². The number of thiazole rings is 1. The Morgan fingerprint density at radius 3 is 2.77 bits per heavy atom. The van der Waals surface area contributed by atoms with E-state index in [9.17, 15) is 0 Å². The van der Waals surface area contributed by atoms with Gasteiger partial charge in [-0.1, -0.05) is 19.1 Å². The van der Waals surface area contributed by atoms with Crippen LogP contribution < -0.4 is 5.73 Å². The fraction of sp³-hybridized carbons (Fsp3) is 0.556. The third-order valence-corrected chi connectivity index (χ3v) is 3.83. The molecule has 2 nitrogen and oxygen atoms in total. The molecule has 0 saturated heterocycles. The summed E-state index contributed by atoms with van der Waals surface area (Å²) in [4.78, 5) is 6.09. The highest BCUT2D eigenvalue weighted by Crippen LogP contribution is 2.42. The lowest BCUT2D eigenvalue weighted by atomic mass is 10.3. The van der Waals surface area contributed by atoms with Gasteiger partial charge in [0.05, 0.1) is 15.6 Å². The third kappa shape index (κ3) is 1.74. The molecule has 0 bridgehead atoms. The molecule has 0 spiro atoms. The Labute approximate surface area is 87.2 Å². The van der Waals surface area contributed by atoms with E-state index >= 15 is 0 Å². The Hall–Kier alpha value is -0.480. The molecule has 1 aliphatic carbocycles. The predicted molar refractivity (Wildman–Crippen MR) is 59.4 cm³/mol. The molecule has 0 aromatic carbocycles. The average Bonchev–Trinajstić information content (AvgIpc) is 2.84. The van der Waals surface area contributed by atoms with E-state index < -0.39 is 0 Å². The summed E-state index contributed by atoms with van der Waals surface area (Å²) in [5.74, 6) is 0.707. The van der Waals surface area contributed by atoms with Crippen LogP contribution in [0.15, 0.2) is 0 Å². The molecule has 1 heterocycles. The Balaban J connectivity index is 2.36. The van der Waals surface area contributed by atoms with E-state index in [2.05, 4.69) is 11.9 Å². The zero-order valence-corrected chi connectivity index (χ0v) is 9.17. The number of nitrogens with two attached hydrogens (primary N) is 1. The number of hydrogen-bond acceptors (Lipinski definition) is 3. The van der Waals surface area contributed by atoms with Crippen LogP contribution in [0.3, 0.4) is 0 Å². The zero-order valence-electron chi connectivity index (χ0n) is 7.54. The molecular formula is C9H12N2S2. The highest BCUT2D eigenvalue weighted by atomic mass is 32.1. The molecule has 1 aliphatic rings. The number of thiocarbonyl (C=S) groups is 1. The molecule has 4 heteroatoms. The third-order valence-electron chi connectivity index (χ3n) is 2.20. The van der Waals surface area contributed by atoms with Crippen LogP contribution in [0, 0.1) is 0 Å². The highest BCUT2D eigenvalue weighted by molar-refractivity contribution is 7.81. The van der Waals surface area contributed by atoms with Crippen molar-refractivity contribution in [3.8, 4) is 0 Å². The zero-order chi connectivity index (χ0) is 9.42. The van der Waals surface area contributed by atoms with Crippen molar-refractivity contribution < 1.29 is 0 Å². The van der Waals surface area contributed by atoms with Gasteiger partial charge in [0.1, 0.15) is 4.99 Å². The summed E-state index contributed by atoms with van der Waals surface area (Å²) in [6, 6.07) is 0. The van der Waals surface area contributed by atoms with E-state index in [0.29, 0.717) is 10.9 Å². The predicted octanol–water partition coefficient (Wildman–Crippen LogP) is 2.22. The second-order valence-corrected chi connectivity index (χ2v) is 4.79. The van der Waals surface area contributed by atoms with E-state index in [4.69, 9.17) is 18.0 Å². The first-order valence-electron chi connectivity index (χ1n) is 4.51. The molecule has 1 fully saturated rings. The smallest absolute Gasteiger partial charge is 0.116 e. The van der Waals surface area contributed by atoms with E-state index in [-0.39, 0.29) is 0 Å². The molecule has 0 radical (unpaired) electrons. The summed E-state index contributed by atoms with van der Waals surface area (Å²) >= 11 is 6.67. The Kier molecular flexibility index (Phi) is 2.34. The molecule has 0 aliphatic heterocycles. The molecule has 0 atom stereocenters. The number of hydrogen-bond donors (Lipinski definition) is 1. The van der Waals surface area contributed by atoms with Gasteiger partial charge < -0.3 is 5.73 Å². The van der Waals surface area contributed by atoms with Crippen molar-refractivity contribution in [1.82, 2.24) is 4.98 Å². The maximum absolute atomic E-state index is 5.63. The fourth-order valence-corrected chi connectivity index (χ4v) is 2.73. The molecule has 1 aromatic rings. The van der Waals surface area contributed by atoms with Crippen LogP contribution in [0.5, 0.6) is 0 Å². The number of aromatic nitrogens is 1. The summed E-state index contributed by atoms with van der Waals surface area (Å²) in [6.07, 6.45) is 3.50. The molecule has 1 aromatic heterocycles. The number of rotatable bonds is 3. The molecular weight excluding hydrogens is 200 g/mol. The summed E-state index contributed by atoms with van der Waals surface area (Å²) in [5.41, 5.74) is 6.71. The van der Waals surface area contributed by atoms with Crippen molar-refractivity contribution >= 4 is 28.5 Å². The second kappa shape index (κ2) is 3.35. The first-order chi connectivity index (χ1) is 6.22. The van der Waals surface area contributed by atoms with Gasteiger partial charge in [-0.2, -0.15) is 0 Å². The maximum atomic E-state index is 5.63. The lowest BCUT2D eigenvalue weighted by Crippen LogP contribution is -2.09.